The predicted molar refractivity (Wildman–Crippen MR) is 151 cm³/mol. The molecule has 4 rings (SSSR count). The second-order valence-electron chi connectivity index (χ2n) is 9.93. The lowest BCUT2D eigenvalue weighted by Gasteiger charge is -2.37. The number of benzene rings is 2. The molecule has 13 heteroatoms. The van der Waals surface area contributed by atoms with Gasteiger partial charge in [-0.05, 0) is 57.2 Å². The van der Waals surface area contributed by atoms with Crippen LogP contribution in [0.5, 0.6) is 5.75 Å². The summed E-state index contributed by atoms with van der Waals surface area (Å²) in [7, 11) is -7.44. The molecule has 0 unspecified atom stereocenters. The van der Waals surface area contributed by atoms with E-state index in [1.807, 2.05) is 37.3 Å². The van der Waals surface area contributed by atoms with E-state index in [9.17, 15) is 26.7 Å². The molecule has 3 aromatic rings. The fraction of sp³-hybridized carbons (Fsp3) is 0.407. The van der Waals surface area contributed by atoms with E-state index in [2.05, 4.69) is 9.71 Å². The Morgan fingerprint density at radius 2 is 1.68 bits per heavy atom. The average molecular weight is 591 g/mol. The van der Waals surface area contributed by atoms with Gasteiger partial charge in [0.15, 0.2) is 0 Å². The van der Waals surface area contributed by atoms with Gasteiger partial charge < -0.3 is 9.84 Å². The van der Waals surface area contributed by atoms with Gasteiger partial charge in [0.25, 0.3) is 0 Å². The molecular formula is C27H34N4O7S2. The number of aromatic nitrogens is 1. The predicted octanol–water partition coefficient (Wildman–Crippen LogP) is 2.21. The zero-order chi connectivity index (χ0) is 29.1. The maximum Gasteiger partial charge on any atom is 0.322 e. The van der Waals surface area contributed by atoms with E-state index >= 15 is 0 Å². The molecule has 0 spiro atoms. The normalized spacial score (nSPS) is 16.3. The summed E-state index contributed by atoms with van der Waals surface area (Å²) >= 11 is 0. The summed E-state index contributed by atoms with van der Waals surface area (Å²) < 4.78 is 60.3. The third-order valence-electron chi connectivity index (χ3n) is 6.88. The molecule has 0 radical (unpaired) electrons. The highest BCUT2D eigenvalue weighted by atomic mass is 32.2. The number of rotatable bonds is 11. The number of sulfonamides is 2. The number of nitrogens with one attached hydrogen (secondary N) is 1. The van der Waals surface area contributed by atoms with Crippen LogP contribution in [0.15, 0.2) is 59.5 Å². The van der Waals surface area contributed by atoms with Crippen molar-refractivity contribution in [3.63, 3.8) is 0 Å². The quantitative estimate of drug-likeness (QED) is 0.343. The number of fused-ring (bicyclic) bond motifs is 1. The van der Waals surface area contributed by atoms with E-state index < -0.39 is 37.3 Å². The summed E-state index contributed by atoms with van der Waals surface area (Å²) in [6.07, 6.45) is 0. The van der Waals surface area contributed by atoms with Gasteiger partial charge in [-0.3, -0.25) is 14.7 Å². The van der Waals surface area contributed by atoms with Crippen LogP contribution in [0.1, 0.15) is 25.1 Å². The molecule has 11 nitrogen and oxygen atoms in total. The van der Waals surface area contributed by atoms with Crippen molar-refractivity contribution in [2.75, 3.05) is 32.7 Å². The summed E-state index contributed by atoms with van der Waals surface area (Å²) in [6.45, 7) is 5.68. The van der Waals surface area contributed by atoms with Gasteiger partial charge in [0.2, 0.25) is 20.0 Å². The number of aryl methyl sites for hydroxylation is 1. The molecule has 216 valence electrons. The zero-order valence-corrected chi connectivity index (χ0v) is 24.3. The van der Waals surface area contributed by atoms with Gasteiger partial charge in [0.05, 0.1) is 15.7 Å². The van der Waals surface area contributed by atoms with Gasteiger partial charge in [-0.1, -0.05) is 18.2 Å². The molecule has 2 aromatic carbocycles. The van der Waals surface area contributed by atoms with Crippen molar-refractivity contribution in [2.45, 2.75) is 43.6 Å². The maximum atomic E-state index is 12.9. The van der Waals surface area contributed by atoms with Gasteiger partial charge in [0, 0.05) is 49.4 Å². The molecule has 1 aromatic heterocycles. The Kier molecular flexibility index (Phi) is 9.10. The van der Waals surface area contributed by atoms with Crippen LogP contribution >= 0.6 is 0 Å². The number of pyridine rings is 1. The molecule has 2 heterocycles. The Morgan fingerprint density at radius 3 is 2.30 bits per heavy atom. The van der Waals surface area contributed by atoms with Crippen molar-refractivity contribution in [1.82, 2.24) is 18.9 Å². The van der Waals surface area contributed by atoms with Crippen molar-refractivity contribution in [3.8, 4) is 5.75 Å². The minimum absolute atomic E-state index is 0.0259. The molecule has 1 atom stereocenters. The van der Waals surface area contributed by atoms with Gasteiger partial charge in [0.1, 0.15) is 18.4 Å². The lowest BCUT2D eigenvalue weighted by atomic mass is 10.1. The standard InChI is InChI=1S/C27H34N4O7S2/c1-19(2)40(36,37)31-14-12-30(13-15-31)26(27(32)33)17-28-39(34,35)23-10-8-22(9-11-23)38-18-21-16-20(3)29-25-7-5-4-6-24(21)25/h4-11,16,19,26,28H,12-15,17-18H2,1-3H3,(H,32,33)/t26-/m0/s1. The van der Waals surface area contributed by atoms with E-state index in [0.29, 0.717) is 5.75 Å². The Bertz CT molecular complexity index is 1570. The summed E-state index contributed by atoms with van der Waals surface area (Å²) in [4.78, 5) is 18.0. The second kappa shape index (κ2) is 12.2. The lowest BCUT2D eigenvalue weighted by Crippen LogP contribution is -2.57. The van der Waals surface area contributed by atoms with E-state index in [-0.39, 0.29) is 44.2 Å². The van der Waals surface area contributed by atoms with Crippen LogP contribution in [0.25, 0.3) is 10.9 Å². The Morgan fingerprint density at radius 1 is 1.02 bits per heavy atom. The van der Waals surface area contributed by atoms with Crippen molar-refractivity contribution in [2.24, 2.45) is 0 Å². The topological polar surface area (TPSA) is 146 Å². The molecule has 1 fully saturated rings. The Labute approximate surface area is 234 Å². The molecule has 0 saturated carbocycles. The van der Waals surface area contributed by atoms with Crippen LogP contribution in [0.4, 0.5) is 0 Å². The SMILES string of the molecule is Cc1cc(COc2ccc(S(=O)(=O)NC[C@@H](C(=O)O)N3CCN(S(=O)(=O)C(C)C)CC3)cc2)c2ccccc2n1. The summed E-state index contributed by atoms with van der Waals surface area (Å²) in [6, 6.07) is 14.5. The van der Waals surface area contributed by atoms with Crippen molar-refractivity contribution in [1.29, 1.82) is 0 Å². The number of para-hydroxylation sites is 1. The third kappa shape index (κ3) is 6.78. The molecule has 0 amide bonds. The lowest BCUT2D eigenvalue weighted by molar-refractivity contribution is -0.143. The highest BCUT2D eigenvalue weighted by molar-refractivity contribution is 7.89. The number of ether oxygens (including phenoxy) is 1. The van der Waals surface area contributed by atoms with Crippen molar-refractivity contribution < 1.29 is 31.5 Å². The number of carbonyl (C=O) groups is 1. The summed E-state index contributed by atoms with van der Waals surface area (Å²) in [5.74, 6) is -0.708. The van der Waals surface area contributed by atoms with Crippen LogP contribution in [0.2, 0.25) is 0 Å². The fourth-order valence-electron chi connectivity index (χ4n) is 4.60. The van der Waals surface area contributed by atoms with E-state index in [4.69, 9.17) is 4.74 Å². The Hall–Kier alpha value is -3.10. The molecule has 0 aliphatic carbocycles. The highest BCUT2D eigenvalue weighted by Gasteiger charge is 2.34. The van der Waals surface area contributed by atoms with Gasteiger partial charge in [-0.25, -0.2) is 21.6 Å². The minimum atomic E-state index is -4.00. The number of hydrogen-bond acceptors (Lipinski definition) is 8. The van der Waals surface area contributed by atoms with Crippen LogP contribution in [0.3, 0.4) is 0 Å². The summed E-state index contributed by atoms with van der Waals surface area (Å²) in [5.41, 5.74) is 2.70. The average Bonchev–Trinajstić information content (AvgIpc) is 2.92. The molecule has 2 N–H and O–H groups in total. The zero-order valence-electron chi connectivity index (χ0n) is 22.6. The number of nitrogens with zero attached hydrogens (tertiary/aromatic N) is 3. The Balaban J connectivity index is 1.36. The van der Waals surface area contributed by atoms with E-state index in [1.165, 1.54) is 16.4 Å². The minimum Gasteiger partial charge on any atom is -0.489 e. The van der Waals surface area contributed by atoms with E-state index in [1.54, 1.807) is 30.9 Å². The molecule has 1 aliphatic rings. The monoisotopic (exact) mass is 590 g/mol. The van der Waals surface area contributed by atoms with Crippen LogP contribution in [0, 0.1) is 6.92 Å². The number of hydrogen-bond donors (Lipinski definition) is 2. The maximum absolute atomic E-state index is 12.9. The van der Waals surface area contributed by atoms with Crippen molar-refractivity contribution in [3.05, 3.63) is 65.9 Å². The largest absolute Gasteiger partial charge is 0.489 e. The van der Waals surface area contributed by atoms with Gasteiger partial charge in [-0.2, -0.15) is 4.31 Å². The number of carboxylic acid groups (broad SMARTS) is 1. The van der Waals surface area contributed by atoms with Gasteiger partial charge >= 0.3 is 5.97 Å². The third-order valence-corrected chi connectivity index (χ3v) is 10.6. The molecule has 1 aliphatic heterocycles. The number of aliphatic carboxylic acids is 1. The summed E-state index contributed by atoms with van der Waals surface area (Å²) in [5, 5.41) is 10.2. The molecular weight excluding hydrogens is 556 g/mol. The first-order chi connectivity index (χ1) is 18.9. The van der Waals surface area contributed by atoms with Crippen LogP contribution in [-0.2, 0) is 31.4 Å². The van der Waals surface area contributed by atoms with E-state index in [0.717, 1.165) is 22.2 Å². The molecule has 0 bridgehead atoms. The molecule has 40 heavy (non-hydrogen) atoms. The first kappa shape index (κ1) is 29.9. The number of piperazine rings is 1. The van der Waals surface area contributed by atoms with Crippen LogP contribution < -0.4 is 9.46 Å². The van der Waals surface area contributed by atoms with Crippen molar-refractivity contribution >= 4 is 36.9 Å². The van der Waals surface area contributed by atoms with Gasteiger partial charge in [-0.15, -0.1) is 0 Å². The first-order valence-electron chi connectivity index (χ1n) is 12.9. The number of carboxylic acids is 1. The smallest absolute Gasteiger partial charge is 0.322 e. The van der Waals surface area contributed by atoms with Crippen LogP contribution in [-0.4, -0.2) is 86.1 Å². The first-order valence-corrected chi connectivity index (χ1v) is 15.9. The second-order valence-corrected chi connectivity index (χ2v) is 14.2. The molecule has 1 saturated heterocycles. The fourth-order valence-corrected chi connectivity index (χ4v) is 6.91. The highest BCUT2D eigenvalue weighted by Crippen LogP contribution is 2.22.